The molecule has 4 aromatic rings. The summed E-state index contributed by atoms with van der Waals surface area (Å²) in [5.41, 5.74) is 3.26. The maximum Gasteiger partial charge on any atom is 0.187 e. The second-order valence-electron chi connectivity index (χ2n) is 6.03. The van der Waals surface area contributed by atoms with Gasteiger partial charge in [0.15, 0.2) is 23.2 Å². The number of nitriles is 1. The highest BCUT2D eigenvalue weighted by atomic mass is 32.1. The molecular formula is C20H14N4O3S2. The molecule has 0 radical (unpaired) electrons. The van der Waals surface area contributed by atoms with Crippen molar-refractivity contribution in [2.75, 3.05) is 14.2 Å². The van der Waals surface area contributed by atoms with E-state index in [2.05, 4.69) is 19.8 Å². The lowest BCUT2D eigenvalue weighted by Gasteiger charge is -2.08. The van der Waals surface area contributed by atoms with Gasteiger partial charge in [-0.05, 0) is 36.4 Å². The minimum absolute atomic E-state index is 0.310. The summed E-state index contributed by atoms with van der Waals surface area (Å²) in [5, 5.41) is 11.9. The van der Waals surface area contributed by atoms with E-state index in [4.69, 9.17) is 9.47 Å². The highest BCUT2D eigenvalue weighted by molar-refractivity contribution is 7.10. The SMILES string of the molecule is COc1ccc(-c2csc(C(C#N)C(=O)c3ccc4nsnc4c3)n2)cc1OC. The zero-order valence-corrected chi connectivity index (χ0v) is 17.1. The van der Waals surface area contributed by atoms with Crippen LogP contribution in [0.3, 0.4) is 0 Å². The van der Waals surface area contributed by atoms with Gasteiger partial charge < -0.3 is 9.47 Å². The zero-order chi connectivity index (χ0) is 20.4. The molecule has 4 rings (SSSR count). The van der Waals surface area contributed by atoms with Gasteiger partial charge in [-0.2, -0.15) is 14.0 Å². The number of aromatic nitrogens is 3. The van der Waals surface area contributed by atoms with Crippen LogP contribution in [-0.2, 0) is 0 Å². The zero-order valence-electron chi connectivity index (χ0n) is 15.4. The number of fused-ring (bicyclic) bond motifs is 1. The van der Waals surface area contributed by atoms with E-state index >= 15 is 0 Å². The van der Waals surface area contributed by atoms with Gasteiger partial charge in [-0.15, -0.1) is 11.3 Å². The lowest BCUT2D eigenvalue weighted by atomic mass is 9.99. The summed E-state index contributed by atoms with van der Waals surface area (Å²) in [4.78, 5) is 17.5. The second kappa shape index (κ2) is 7.95. The van der Waals surface area contributed by atoms with Gasteiger partial charge in [-0.1, -0.05) is 0 Å². The van der Waals surface area contributed by atoms with Crippen LogP contribution in [0.1, 0.15) is 21.3 Å². The summed E-state index contributed by atoms with van der Waals surface area (Å²) in [6.07, 6.45) is 0. The van der Waals surface area contributed by atoms with Crippen molar-refractivity contribution in [2.45, 2.75) is 5.92 Å². The van der Waals surface area contributed by atoms with Gasteiger partial charge in [-0.3, -0.25) is 4.79 Å². The van der Waals surface area contributed by atoms with Crippen molar-refractivity contribution >= 4 is 39.9 Å². The summed E-state index contributed by atoms with van der Waals surface area (Å²) in [5.74, 6) is -0.102. The Hall–Kier alpha value is -3.35. The molecule has 0 saturated carbocycles. The summed E-state index contributed by atoms with van der Waals surface area (Å²) in [6.45, 7) is 0. The Morgan fingerprint density at radius 2 is 1.86 bits per heavy atom. The van der Waals surface area contributed by atoms with E-state index in [1.807, 2.05) is 17.5 Å². The molecule has 7 nitrogen and oxygen atoms in total. The molecule has 0 aliphatic heterocycles. The molecule has 0 spiro atoms. The first kappa shape index (κ1) is 19.0. The average Bonchev–Trinajstić information content (AvgIpc) is 3.43. The van der Waals surface area contributed by atoms with E-state index in [0.717, 1.165) is 22.8 Å². The summed E-state index contributed by atoms with van der Waals surface area (Å²) < 4.78 is 18.9. The summed E-state index contributed by atoms with van der Waals surface area (Å²) in [6, 6.07) is 12.6. The molecular weight excluding hydrogens is 408 g/mol. The van der Waals surface area contributed by atoms with Gasteiger partial charge in [0.2, 0.25) is 0 Å². The molecule has 144 valence electrons. The third kappa shape index (κ3) is 3.55. The van der Waals surface area contributed by atoms with Crippen molar-refractivity contribution in [1.82, 2.24) is 13.7 Å². The van der Waals surface area contributed by atoms with Crippen LogP contribution < -0.4 is 9.47 Å². The minimum Gasteiger partial charge on any atom is -0.493 e. The molecule has 0 N–H and O–H groups in total. The Balaban J connectivity index is 1.65. The third-order valence-electron chi connectivity index (χ3n) is 4.38. The fourth-order valence-electron chi connectivity index (χ4n) is 2.88. The Morgan fingerprint density at radius 3 is 2.62 bits per heavy atom. The van der Waals surface area contributed by atoms with Crippen LogP contribution in [-0.4, -0.2) is 33.7 Å². The molecule has 1 atom stereocenters. The number of Topliss-reactive ketones (excluding diaryl/α,β-unsaturated/α-hetero) is 1. The topological polar surface area (TPSA) is 98.0 Å². The molecule has 29 heavy (non-hydrogen) atoms. The fourth-order valence-corrected chi connectivity index (χ4v) is 4.26. The van der Waals surface area contributed by atoms with Crippen LogP contribution >= 0.6 is 23.1 Å². The van der Waals surface area contributed by atoms with Crippen LogP contribution in [0.15, 0.2) is 41.8 Å². The second-order valence-corrected chi connectivity index (χ2v) is 7.45. The number of carbonyl (C=O) groups is 1. The average molecular weight is 422 g/mol. The Labute approximate surface area is 174 Å². The number of hydrogen-bond acceptors (Lipinski definition) is 9. The number of methoxy groups -OCH3 is 2. The number of benzene rings is 2. The Kier molecular flexibility index (Phi) is 5.20. The van der Waals surface area contributed by atoms with Crippen LogP contribution in [0.25, 0.3) is 22.3 Å². The van der Waals surface area contributed by atoms with E-state index in [1.54, 1.807) is 38.5 Å². The molecule has 2 heterocycles. The maximum absolute atomic E-state index is 12.9. The first-order valence-electron chi connectivity index (χ1n) is 8.48. The van der Waals surface area contributed by atoms with Gasteiger partial charge in [0, 0.05) is 16.5 Å². The van der Waals surface area contributed by atoms with Gasteiger partial charge in [0.1, 0.15) is 16.0 Å². The van der Waals surface area contributed by atoms with Crippen LogP contribution in [0, 0.1) is 11.3 Å². The monoisotopic (exact) mass is 422 g/mol. The number of rotatable bonds is 6. The van der Waals surface area contributed by atoms with Crippen molar-refractivity contribution < 1.29 is 14.3 Å². The molecule has 0 fully saturated rings. The fraction of sp³-hybridized carbons (Fsp3) is 0.150. The first-order valence-corrected chi connectivity index (χ1v) is 10.1. The Bertz CT molecular complexity index is 1240. The van der Waals surface area contributed by atoms with E-state index < -0.39 is 5.92 Å². The largest absolute Gasteiger partial charge is 0.493 e. The molecule has 9 heteroatoms. The first-order chi connectivity index (χ1) is 14.1. The smallest absolute Gasteiger partial charge is 0.187 e. The number of thiazole rings is 1. The number of carbonyl (C=O) groups excluding carboxylic acids is 1. The lowest BCUT2D eigenvalue weighted by molar-refractivity contribution is 0.0979. The highest BCUT2D eigenvalue weighted by Crippen LogP contribution is 2.34. The van der Waals surface area contributed by atoms with Crippen LogP contribution in [0.4, 0.5) is 0 Å². The third-order valence-corrected chi connectivity index (χ3v) is 5.84. The molecule has 0 bridgehead atoms. The van der Waals surface area contributed by atoms with E-state index in [-0.39, 0.29) is 5.78 Å². The van der Waals surface area contributed by atoms with Gasteiger partial charge in [-0.25, -0.2) is 4.98 Å². The van der Waals surface area contributed by atoms with Crippen LogP contribution in [0.5, 0.6) is 11.5 Å². The van der Waals surface area contributed by atoms with Crippen molar-refractivity contribution in [2.24, 2.45) is 0 Å². The van der Waals surface area contributed by atoms with Crippen molar-refractivity contribution in [3.63, 3.8) is 0 Å². The molecule has 0 amide bonds. The lowest BCUT2D eigenvalue weighted by Crippen LogP contribution is -2.11. The van der Waals surface area contributed by atoms with E-state index in [1.165, 1.54) is 11.3 Å². The number of ether oxygens (including phenoxy) is 2. The molecule has 2 aromatic carbocycles. The number of nitrogens with zero attached hydrogens (tertiary/aromatic N) is 4. The molecule has 1 unspecified atom stereocenters. The molecule has 0 aliphatic carbocycles. The minimum atomic E-state index is -0.988. The molecule has 2 aromatic heterocycles. The molecule has 0 saturated heterocycles. The number of ketones is 1. The predicted molar refractivity (Wildman–Crippen MR) is 111 cm³/mol. The van der Waals surface area contributed by atoms with Crippen LogP contribution in [0.2, 0.25) is 0 Å². The van der Waals surface area contributed by atoms with Gasteiger partial charge in [0.05, 0.1) is 37.7 Å². The highest BCUT2D eigenvalue weighted by Gasteiger charge is 2.26. The Morgan fingerprint density at radius 1 is 1.07 bits per heavy atom. The van der Waals surface area contributed by atoms with Crippen molar-refractivity contribution in [3.05, 3.63) is 52.3 Å². The van der Waals surface area contributed by atoms with Crippen molar-refractivity contribution in [3.8, 4) is 28.8 Å². The van der Waals surface area contributed by atoms with Gasteiger partial charge >= 0.3 is 0 Å². The predicted octanol–water partition coefficient (Wildman–Crippen LogP) is 4.32. The maximum atomic E-state index is 12.9. The standard InChI is InChI=1S/C20H14N4O3S2/c1-26-17-6-4-11(8-18(17)27-2)16-10-28-20(22-16)13(9-21)19(25)12-3-5-14-15(7-12)24-29-23-14/h3-8,10,13H,1-2H3. The number of hydrogen-bond donors (Lipinski definition) is 0. The van der Waals surface area contributed by atoms with Gasteiger partial charge in [0.25, 0.3) is 0 Å². The van der Waals surface area contributed by atoms with Crippen molar-refractivity contribution in [1.29, 1.82) is 5.26 Å². The van der Waals surface area contributed by atoms with E-state index in [0.29, 0.717) is 33.3 Å². The van der Waals surface area contributed by atoms with E-state index in [9.17, 15) is 10.1 Å². The summed E-state index contributed by atoms with van der Waals surface area (Å²) in [7, 11) is 3.13. The quantitative estimate of drug-likeness (QED) is 0.427. The summed E-state index contributed by atoms with van der Waals surface area (Å²) >= 11 is 2.36. The normalized spacial score (nSPS) is 11.8. The molecule has 0 aliphatic rings.